The Morgan fingerprint density at radius 2 is 1.52 bits per heavy atom. The third-order valence-electron chi connectivity index (χ3n) is 5.36. The number of hydrogen-bond acceptors (Lipinski definition) is 0. The molecular formula is C21H24F2. The molecule has 0 aliphatic heterocycles. The zero-order valence-corrected chi connectivity index (χ0v) is 13.9. The van der Waals surface area contributed by atoms with Crippen molar-refractivity contribution in [2.24, 2.45) is 11.8 Å². The molecule has 0 aromatic heterocycles. The van der Waals surface area contributed by atoms with Crippen molar-refractivity contribution >= 4 is 0 Å². The SMILES string of the molecule is CC(C)C1CCC(c2ccc(-c3cccc(F)c3F)cc2)CC1. The molecule has 0 radical (unpaired) electrons. The first-order valence-corrected chi connectivity index (χ1v) is 8.60. The minimum atomic E-state index is -0.793. The lowest BCUT2D eigenvalue weighted by molar-refractivity contribution is 0.259. The van der Waals surface area contributed by atoms with E-state index in [0.717, 1.165) is 23.5 Å². The molecule has 0 heterocycles. The highest BCUT2D eigenvalue weighted by molar-refractivity contribution is 5.64. The van der Waals surface area contributed by atoms with Crippen LogP contribution in [0.2, 0.25) is 0 Å². The van der Waals surface area contributed by atoms with Gasteiger partial charge in [-0.2, -0.15) is 0 Å². The van der Waals surface area contributed by atoms with Crippen molar-refractivity contribution in [3.63, 3.8) is 0 Å². The Kier molecular flexibility index (Phi) is 4.79. The number of halogens is 2. The molecule has 1 aliphatic rings. The molecule has 2 heteroatoms. The van der Waals surface area contributed by atoms with Crippen molar-refractivity contribution in [1.29, 1.82) is 0 Å². The molecule has 1 aliphatic carbocycles. The van der Waals surface area contributed by atoms with E-state index >= 15 is 0 Å². The van der Waals surface area contributed by atoms with Gasteiger partial charge in [0, 0.05) is 5.56 Å². The van der Waals surface area contributed by atoms with Crippen molar-refractivity contribution in [2.75, 3.05) is 0 Å². The Bertz CT molecular complexity index is 650. The average molecular weight is 314 g/mol. The van der Waals surface area contributed by atoms with Gasteiger partial charge in [-0.25, -0.2) is 8.78 Å². The van der Waals surface area contributed by atoms with E-state index in [1.54, 1.807) is 12.1 Å². The average Bonchev–Trinajstić information content (AvgIpc) is 2.58. The van der Waals surface area contributed by atoms with Crippen LogP contribution in [0.3, 0.4) is 0 Å². The second-order valence-electron chi connectivity index (χ2n) is 7.08. The lowest BCUT2D eigenvalue weighted by Crippen LogP contribution is -2.17. The fourth-order valence-corrected chi connectivity index (χ4v) is 3.78. The summed E-state index contributed by atoms with van der Waals surface area (Å²) in [7, 11) is 0. The lowest BCUT2D eigenvalue weighted by atomic mass is 9.74. The summed E-state index contributed by atoms with van der Waals surface area (Å²) >= 11 is 0. The van der Waals surface area contributed by atoms with Crippen molar-refractivity contribution in [2.45, 2.75) is 45.4 Å². The summed E-state index contributed by atoms with van der Waals surface area (Å²) in [6.07, 6.45) is 5.05. The molecule has 122 valence electrons. The maximum Gasteiger partial charge on any atom is 0.166 e. The summed E-state index contributed by atoms with van der Waals surface area (Å²) < 4.78 is 27.2. The quantitative estimate of drug-likeness (QED) is 0.601. The summed E-state index contributed by atoms with van der Waals surface area (Å²) in [5.41, 5.74) is 2.40. The number of rotatable bonds is 3. The van der Waals surface area contributed by atoms with Gasteiger partial charge in [-0.15, -0.1) is 0 Å². The third kappa shape index (κ3) is 3.46. The molecule has 0 unspecified atom stereocenters. The summed E-state index contributed by atoms with van der Waals surface area (Å²) in [5, 5.41) is 0. The first-order chi connectivity index (χ1) is 11.1. The predicted molar refractivity (Wildman–Crippen MR) is 91.3 cm³/mol. The first-order valence-electron chi connectivity index (χ1n) is 8.60. The van der Waals surface area contributed by atoms with E-state index in [2.05, 4.69) is 26.0 Å². The van der Waals surface area contributed by atoms with Gasteiger partial charge in [0.15, 0.2) is 11.6 Å². The standard InChI is InChI=1S/C21H24F2/c1-14(2)15-6-8-16(9-7-15)17-10-12-18(13-11-17)19-4-3-5-20(22)21(19)23/h3-5,10-16H,6-9H2,1-2H3. The summed E-state index contributed by atoms with van der Waals surface area (Å²) in [4.78, 5) is 0. The van der Waals surface area contributed by atoms with Gasteiger partial charge in [-0.05, 0) is 60.6 Å². The van der Waals surface area contributed by atoms with E-state index in [-0.39, 0.29) is 0 Å². The van der Waals surface area contributed by atoms with Crippen LogP contribution in [0.4, 0.5) is 8.78 Å². The van der Waals surface area contributed by atoms with Crippen molar-refractivity contribution < 1.29 is 8.78 Å². The second-order valence-corrected chi connectivity index (χ2v) is 7.08. The van der Waals surface area contributed by atoms with Crippen LogP contribution >= 0.6 is 0 Å². The molecule has 0 nitrogen and oxygen atoms in total. The molecule has 0 saturated heterocycles. The lowest BCUT2D eigenvalue weighted by Gasteiger charge is -2.31. The molecule has 0 spiro atoms. The third-order valence-corrected chi connectivity index (χ3v) is 5.36. The van der Waals surface area contributed by atoms with Crippen LogP contribution in [-0.4, -0.2) is 0 Å². The Labute approximate surface area is 137 Å². The van der Waals surface area contributed by atoms with Crippen molar-refractivity contribution in [3.05, 3.63) is 59.7 Å². The molecule has 1 saturated carbocycles. The molecule has 0 bridgehead atoms. The number of hydrogen-bond donors (Lipinski definition) is 0. The van der Waals surface area contributed by atoms with Gasteiger partial charge in [0.25, 0.3) is 0 Å². The van der Waals surface area contributed by atoms with Gasteiger partial charge >= 0.3 is 0 Å². The highest BCUT2D eigenvalue weighted by Crippen LogP contribution is 2.39. The van der Waals surface area contributed by atoms with Crippen LogP contribution in [0.15, 0.2) is 42.5 Å². The fraction of sp³-hybridized carbons (Fsp3) is 0.429. The van der Waals surface area contributed by atoms with Crippen LogP contribution < -0.4 is 0 Å². The largest absolute Gasteiger partial charge is 0.204 e. The molecule has 1 fully saturated rings. The fourth-order valence-electron chi connectivity index (χ4n) is 3.78. The molecule has 2 aromatic rings. The van der Waals surface area contributed by atoms with E-state index in [4.69, 9.17) is 0 Å². The normalized spacial score (nSPS) is 21.6. The van der Waals surface area contributed by atoms with Gasteiger partial charge in [0.2, 0.25) is 0 Å². The van der Waals surface area contributed by atoms with Gasteiger partial charge in [-0.3, -0.25) is 0 Å². The van der Waals surface area contributed by atoms with Gasteiger partial charge in [0.1, 0.15) is 0 Å². The van der Waals surface area contributed by atoms with Crippen LogP contribution in [0.1, 0.15) is 51.0 Å². The van der Waals surface area contributed by atoms with E-state index in [9.17, 15) is 8.78 Å². The van der Waals surface area contributed by atoms with Crippen molar-refractivity contribution in [1.82, 2.24) is 0 Å². The zero-order chi connectivity index (χ0) is 16.4. The van der Waals surface area contributed by atoms with Crippen molar-refractivity contribution in [3.8, 4) is 11.1 Å². The highest BCUT2D eigenvalue weighted by Gasteiger charge is 2.24. The highest BCUT2D eigenvalue weighted by atomic mass is 19.2. The van der Waals surface area contributed by atoms with Crippen LogP contribution in [0.5, 0.6) is 0 Å². The Morgan fingerprint density at radius 3 is 2.13 bits per heavy atom. The maximum atomic E-state index is 13.9. The van der Waals surface area contributed by atoms with Gasteiger partial charge < -0.3 is 0 Å². The van der Waals surface area contributed by atoms with Gasteiger partial charge in [0.05, 0.1) is 0 Å². The number of benzene rings is 2. The molecule has 0 amide bonds. The molecular weight excluding hydrogens is 290 g/mol. The Balaban J connectivity index is 1.74. The topological polar surface area (TPSA) is 0 Å². The second kappa shape index (κ2) is 6.82. The van der Waals surface area contributed by atoms with Crippen LogP contribution in [0.25, 0.3) is 11.1 Å². The summed E-state index contributed by atoms with van der Waals surface area (Å²) in [6, 6.07) is 12.3. The maximum absolute atomic E-state index is 13.9. The van der Waals surface area contributed by atoms with E-state index < -0.39 is 11.6 Å². The van der Waals surface area contributed by atoms with Gasteiger partial charge in [-0.1, -0.05) is 50.2 Å². The summed E-state index contributed by atoms with van der Waals surface area (Å²) in [6.45, 7) is 4.63. The van der Waals surface area contributed by atoms with Crippen LogP contribution in [-0.2, 0) is 0 Å². The zero-order valence-electron chi connectivity index (χ0n) is 13.9. The van der Waals surface area contributed by atoms with E-state index in [0.29, 0.717) is 11.5 Å². The predicted octanol–water partition coefficient (Wildman–Crippen LogP) is 6.56. The van der Waals surface area contributed by atoms with Crippen LogP contribution in [0, 0.1) is 23.5 Å². The van der Waals surface area contributed by atoms with E-state index in [1.165, 1.54) is 31.2 Å². The molecule has 3 rings (SSSR count). The Morgan fingerprint density at radius 1 is 0.870 bits per heavy atom. The molecule has 0 N–H and O–H groups in total. The molecule has 23 heavy (non-hydrogen) atoms. The molecule has 2 aromatic carbocycles. The Hall–Kier alpha value is -1.70. The summed E-state index contributed by atoms with van der Waals surface area (Å²) in [5.74, 6) is 0.675. The minimum Gasteiger partial charge on any atom is -0.204 e. The monoisotopic (exact) mass is 314 g/mol. The minimum absolute atomic E-state index is 0.333. The smallest absolute Gasteiger partial charge is 0.166 e. The molecule has 0 atom stereocenters. The first kappa shape index (κ1) is 16.2. The van der Waals surface area contributed by atoms with E-state index in [1.807, 2.05) is 12.1 Å².